The van der Waals surface area contributed by atoms with Gasteiger partial charge in [0.1, 0.15) is 26.2 Å². The molecule has 2 saturated heterocycles. The minimum Gasteiger partial charge on any atom is -1.00 e. The molecule has 4 heteroatoms. The fourth-order valence-corrected chi connectivity index (χ4v) is 4.40. The maximum atomic E-state index is 5.56. The zero-order valence-corrected chi connectivity index (χ0v) is 20.8. The summed E-state index contributed by atoms with van der Waals surface area (Å²) in [5, 5.41) is 0. The van der Waals surface area contributed by atoms with Crippen LogP contribution >= 0.6 is 0 Å². The number of halogens is 2. The first-order valence-electron chi connectivity index (χ1n) is 10.3. The van der Waals surface area contributed by atoms with Crippen LogP contribution in [0, 0.1) is 48.4 Å². The van der Waals surface area contributed by atoms with Crippen molar-refractivity contribution in [3.63, 3.8) is 0 Å². The quantitative estimate of drug-likeness (QED) is 0.286. The van der Waals surface area contributed by atoms with Crippen molar-refractivity contribution in [2.75, 3.05) is 52.4 Å². The summed E-state index contributed by atoms with van der Waals surface area (Å²) in [5.41, 5.74) is 2.08. The number of likely N-dealkylation sites (tertiary alicyclic amines) is 2. The molecule has 0 saturated carbocycles. The first-order chi connectivity index (χ1) is 13.7. The van der Waals surface area contributed by atoms with E-state index in [4.69, 9.17) is 12.8 Å². The first-order valence-corrected chi connectivity index (χ1v) is 10.3. The molecule has 0 atom stereocenters. The van der Waals surface area contributed by atoms with Crippen LogP contribution in [0.2, 0.25) is 0 Å². The van der Waals surface area contributed by atoms with Crippen molar-refractivity contribution in [3.05, 3.63) is 35.4 Å². The van der Waals surface area contributed by atoms with Crippen LogP contribution < -0.4 is 34.0 Å². The lowest BCUT2D eigenvalue weighted by Gasteiger charge is -2.29. The second-order valence-corrected chi connectivity index (χ2v) is 8.21. The lowest BCUT2D eigenvalue weighted by atomic mass is 10.1. The van der Waals surface area contributed by atoms with E-state index >= 15 is 0 Å². The Hall–Kier alpha value is -1.66. The predicted octanol–water partition coefficient (Wildman–Crippen LogP) is -3.11. The van der Waals surface area contributed by atoms with Gasteiger partial charge in [-0.3, -0.25) is 0 Å². The summed E-state index contributed by atoms with van der Waals surface area (Å²) in [6.07, 6.45) is 16.2. The van der Waals surface area contributed by atoms with Crippen LogP contribution in [-0.4, -0.2) is 61.3 Å². The van der Waals surface area contributed by atoms with E-state index in [0.29, 0.717) is 0 Å². The monoisotopic (exact) mass is 528 g/mol. The fourth-order valence-electron chi connectivity index (χ4n) is 4.40. The average molecular weight is 530 g/mol. The van der Waals surface area contributed by atoms with E-state index in [1.165, 1.54) is 25.7 Å². The van der Waals surface area contributed by atoms with Gasteiger partial charge in [-0.05, 0) is 47.9 Å². The summed E-state index contributed by atoms with van der Waals surface area (Å²) in [6, 6.07) is 8.25. The fraction of sp³-hybridized carbons (Fsp3) is 0.462. The van der Waals surface area contributed by atoms with Crippen molar-refractivity contribution in [2.45, 2.75) is 25.7 Å². The summed E-state index contributed by atoms with van der Waals surface area (Å²) in [4.78, 5) is 0. The Bertz CT molecular complexity index is 795. The average Bonchev–Trinajstić information content (AvgIpc) is 3.34. The number of hydrogen-bond donors (Lipinski definition) is 0. The molecular weight excluding hydrogens is 500 g/mol. The largest absolute Gasteiger partial charge is 1.00 e. The topological polar surface area (TPSA) is 0 Å². The molecule has 2 fully saturated rings. The SMILES string of the molecule is C#CC[N+]1(CC#Cc2ccc(C#CC[N+]3(CC#C)CCCC3)cc2)CCCC1.[Br-].[Br-]. The van der Waals surface area contributed by atoms with Gasteiger partial charge in [0, 0.05) is 36.8 Å². The third kappa shape index (κ3) is 7.24. The molecule has 0 amide bonds. The summed E-state index contributed by atoms with van der Waals surface area (Å²) < 4.78 is 1.93. The lowest BCUT2D eigenvalue weighted by Crippen LogP contribution is -3.00. The van der Waals surface area contributed by atoms with Crippen LogP contribution in [0.15, 0.2) is 24.3 Å². The number of benzene rings is 1. The molecule has 0 spiro atoms. The zero-order valence-electron chi connectivity index (χ0n) is 17.6. The van der Waals surface area contributed by atoms with Gasteiger partial charge in [0.05, 0.1) is 26.2 Å². The molecule has 2 aliphatic heterocycles. The Labute approximate surface area is 204 Å². The predicted molar refractivity (Wildman–Crippen MR) is 116 cm³/mol. The molecule has 1 aromatic carbocycles. The van der Waals surface area contributed by atoms with Gasteiger partial charge in [0.2, 0.25) is 0 Å². The van der Waals surface area contributed by atoms with Gasteiger partial charge in [-0.1, -0.05) is 11.8 Å². The standard InChI is InChI=1S/C26H30N2.2BrH/c1-3-17-27(19-5-6-20-27)23-9-11-25-13-15-26(16-14-25)12-10-24-28(18-4-2)21-7-8-22-28;;/h1-2,13-16H,5-8,17-24H2;2*1H/q+2;;/p-2. The van der Waals surface area contributed by atoms with Crippen molar-refractivity contribution in [1.29, 1.82) is 0 Å². The van der Waals surface area contributed by atoms with Crippen molar-refractivity contribution < 1.29 is 42.9 Å². The molecule has 1 aromatic rings. The Balaban J connectivity index is 0.00000225. The summed E-state index contributed by atoms with van der Waals surface area (Å²) in [5.74, 6) is 19.0. The highest BCUT2D eigenvalue weighted by molar-refractivity contribution is 5.42. The lowest BCUT2D eigenvalue weighted by molar-refractivity contribution is -0.903. The second-order valence-electron chi connectivity index (χ2n) is 8.21. The molecule has 2 heterocycles. The maximum Gasteiger partial charge on any atom is 0.142 e. The van der Waals surface area contributed by atoms with E-state index in [9.17, 15) is 0 Å². The van der Waals surface area contributed by atoms with Gasteiger partial charge in [-0.25, -0.2) is 0 Å². The molecular formula is C26H30Br2N2. The first kappa shape index (κ1) is 26.4. The maximum absolute atomic E-state index is 5.56. The number of nitrogens with zero attached hydrogens (tertiary/aromatic N) is 2. The summed E-state index contributed by atoms with van der Waals surface area (Å²) in [6.45, 7) is 7.92. The Kier molecular flexibility index (Phi) is 11.3. The van der Waals surface area contributed by atoms with E-state index in [1.54, 1.807) is 0 Å². The molecule has 2 nitrogen and oxygen atoms in total. The normalized spacial score (nSPS) is 17.5. The zero-order chi connectivity index (χ0) is 19.7. The van der Waals surface area contributed by atoms with E-state index in [1.807, 2.05) is 0 Å². The molecule has 0 aliphatic carbocycles. The van der Waals surface area contributed by atoms with Crippen LogP contribution in [0.25, 0.3) is 0 Å². The highest BCUT2D eigenvalue weighted by Crippen LogP contribution is 2.19. The third-order valence-corrected chi connectivity index (χ3v) is 6.06. The van der Waals surface area contributed by atoms with Gasteiger partial charge < -0.3 is 42.9 Å². The molecule has 30 heavy (non-hydrogen) atoms. The smallest absolute Gasteiger partial charge is 0.142 e. The Morgan fingerprint density at radius 3 is 1.23 bits per heavy atom. The van der Waals surface area contributed by atoms with Gasteiger partial charge in [-0.15, -0.1) is 12.8 Å². The highest BCUT2D eigenvalue weighted by atomic mass is 79.9. The molecule has 158 valence electrons. The van der Waals surface area contributed by atoms with Crippen LogP contribution in [0.5, 0.6) is 0 Å². The van der Waals surface area contributed by atoms with Crippen molar-refractivity contribution in [3.8, 4) is 48.4 Å². The van der Waals surface area contributed by atoms with E-state index < -0.39 is 0 Å². The number of terminal acetylenes is 2. The Morgan fingerprint density at radius 2 is 0.933 bits per heavy atom. The van der Waals surface area contributed by atoms with Gasteiger partial charge in [-0.2, -0.15) is 0 Å². The number of hydrogen-bond acceptors (Lipinski definition) is 0. The van der Waals surface area contributed by atoms with Crippen molar-refractivity contribution in [1.82, 2.24) is 0 Å². The van der Waals surface area contributed by atoms with Crippen molar-refractivity contribution in [2.24, 2.45) is 0 Å². The molecule has 0 radical (unpaired) electrons. The minimum absolute atomic E-state index is 0. The Morgan fingerprint density at radius 1 is 0.600 bits per heavy atom. The second kappa shape index (κ2) is 12.9. The number of rotatable bonds is 4. The third-order valence-electron chi connectivity index (χ3n) is 6.06. The van der Waals surface area contributed by atoms with Gasteiger partial charge in [0.15, 0.2) is 0 Å². The molecule has 0 unspecified atom stereocenters. The molecule has 3 rings (SSSR count). The molecule has 0 N–H and O–H groups in total. The summed E-state index contributed by atoms with van der Waals surface area (Å²) in [7, 11) is 0. The van der Waals surface area contributed by atoms with Gasteiger partial charge in [0.25, 0.3) is 0 Å². The van der Waals surface area contributed by atoms with Crippen molar-refractivity contribution >= 4 is 0 Å². The van der Waals surface area contributed by atoms with E-state index in [0.717, 1.165) is 72.5 Å². The molecule has 2 aliphatic rings. The van der Waals surface area contributed by atoms with Crippen LogP contribution in [0.1, 0.15) is 36.8 Å². The molecule has 0 aromatic heterocycles. The van der Waals surface area contributed by atoms with E-state index in [2.05, 4.69) is 59.8 Å². The van der Waals surface area contributed by atoms with Crippen LogP contribution in [0.3, 0.4) is 0 Å². The van der Waals surface area contributed by atoms with Crippen LogP contribution in [0.4, 0.5) is 0 Å². The summed E-state index contributed by atoms with van der Waals surface area (Å²) >= 11 is 0. The minimum atomic E-state index is 0. The van der Waals surface area contributed by atoms with Crippen LogP contribution in [-0.2, 0) is 0 Å². The number of quaternary nitrogens is 2. The van der Waals surface area contributed by atoms with E-state index in [-0.39, 0.29) is 34.0 Å². The van der Waals surface area contributed by atoms with Gasteiger partial charge >= 0.3 is 0 Å². The highest BCUT2D eigenvalue weighted by Gasteiger charge is 2.30. The molecule has 0 bridgehead atoms.